The summed E-state index contributed by atoms with van der Waals surface area (Å²) in [5, 5.41) is 0. The summed E-state index contributed by atoms with van der Waals surface area (Å²) in [5.41, 5.74) is 0.291. The Morgan fingerprint density at radius 2 is 1.48 bits per heavy atom. The molecule has 0 aliphatic carbocycles. The topological polar surface area (TPSA) is 78.9 Å². The molecule has 0 amide bonds. The molecule has 0 saturated heterocycles. The Balaban J connectivity index is 0.00000326. The molecule has 1 rings (SSSR count). The van der Waals surface area contributed by atoms with Gasteiger partial charge in [0.25, 0.3) is 0 Å². The van der Waals surface area contributed by atoms with Gasteiger partial charge in [-0.05, 0) is 36.8 Å². The predicted molar refractivity (Wildman–Crippen MR) is 109 cm³/mol. The number of hydrogen-bond acceptors (Lipinski definition) is 6. The maximum Gasteiger partial charge on any atom is 0.316 e. The zero-order valence-electron chi connectivity index (χ0n) is 17.2. The van der Waals surface area contributed by atoms with E-state index in [0.29, 0.717) is 45.1 Å². The van der Waals surface area contributed by atoms with E-state index in [1.54, 1.807) is 18.2 Å². The number of carbonyl (C=O) groups excluding carboxylic acids is 2. The van der Waals surface area contributed by atoms with Gasteiger partial charge in [-0.15, -0.1) is 0 Å². The molecular formula is C20H33O6P. The minimum Gasteiger partial charge on any atom is -0.496 e. The first kappa shape index (κ1) is 25.2. The van der Waals surface area contributed by atoms with Crippen LogP contribution in [0.3, 0.4) is 0 Å². The minimum atomic E-state index is -0.864. The lowest BCUT2D eigenvalue weighted by Crippen LogP contribution is -2.29. The molecule has 0 aliphatic heterocycles. The van der Waals surface area contributed by atoms with Crippen LogP contribution < -0.4 is 9.47 Å². The lowest BCUT2D eigenvalue weighted by molar-refractivity contribution is -0.147. The molecule has 0 heterocycles. The van der Waals surface area contributed by atoms with Gasteiger partial charge in [-0.1, -0.05) is 33.8 Å². The molecule has 0 bridgehead atoms. The second-order valence-electron chi connectivity index (χ2n) is 6.93. The van der Waals surface area contributed by atoms with Crippen molar-refractivity contribution in [3.63, 3.8) is 0 Å². The molecule has 0 aliphatic rings. The Hall–Kier alpha value is -1.81. The standard InChI is InChI=1S/C20H30O5.H3OP/c1-13(2)10-11-25-20(22)15(12-14(3)4)19(21)18-16(23-5)8-7-9-17(18)24-6;1-2/h7-9,13-15H,10-12H2,1-6H3;2H3. The third-order valence-corrected chi connectivity index (χ3v) is 3.92. The molecule has 1 aromatic carbocycles. The van der Waals surface area contributed by atoms with Crippen LogP contribution >= 0.6 is 9.12 Å². The van der Waals surface area contributed by atoms with Crippen LogP contribution in [0.2, 0.25) is 0 Å². The van der Waals surface area contributed by atoms with E-state index in [4.69, 9.17) is 18.8 Å². The van der Waals surface area contributed by atoms with Crippen LogP contribution in [-0.4, -0.2) is 32.6 Å². The molecule has 1 aromatic rings. The van der Waals surface area contributed by atoms with Crippen molar-refractivity contribution in [1.29, 1.82) is 0 Å². The van der Waals surface area contributed by atoms with Crippen molar-refractivity contribution in [2.75, 3.05) is 20.8 Å². The number of hydrogen-bond donors (Lipinski definition) is 0. The van der Waals surface area contributed by atoms with Crippen LogP contribution in [0.1, 0.15) is 50.9 Å². The van der Waals surface area contributed by atoms with Crippen molar-refractivity contribution in [1.82, 2.24) is 0 Å². The van der Waals surface area contributed by atoms with E-state index >= 15 is 0 Å². The SMILES string of the molecule is COc1cccc(OC)c1C(=O)C(CC(C)C)C(=O)OCCC(C)C.O=[PH3]. The van der Waals surface area contributed by atoms with Crippen LogP contribution in [0.5, 0.6) is 11.5 Å². The zero-order chi connectivity index (χ0) is 21.0. The van der Waals surface area contributed by atoms with Crippen molar-refractivity contribution in [3.05, 3.63) is 23.8 Å². The number of Topliss-reactive ketones (excluding diaryl/α,β-unsaturated/α-hetero) is 1. The second-order valence-corrected chi connectivity index (χ2v) is 6.93. The van der Waals surface area contributed by atoms with Gasteiger partial charge in [0.2, 0.25) is 0 Å². The number of methoxy groups -OCH3 is 2. The highest BCUT2D eigenvalue weighted by molar-refractivity contribution is 7.00. The number of rotatable bonds is 10. The van der Waals surface area contributed by atoms with E-state index in [2.05, 4.69) is 13.8 Å². The van der Waals surface area contributed by atoms with Crippen LogP contribution in [0.15, 0.2) is 18.2 Å². The lowest BCUT2D eigenvalue weighted by atomic mass is 9.89. The molecule has 2 unspecified atom stereocenters. The highest BCUT2D eigenvalue weighted by Crippen LogP contribution is 2.32. The smallest absolute Gasteiger partial charge is 0.316 e. The maximum absolute atomic E-state index is 13.1. The average Bonchev–Trinajstić information content (AvgIpc) is 2.65. The van der Waals surface area contributed by atoms with Gasteiger partial charge in [0.15, 0.2) is 5.78 Å². The van der Waals surface area contributed by atoms with E-state index < -0.39 is 11.9 Å². The summed E-state index contributed by atoms with van der Waals surface area (Å²) in [7, 11) is 3.59. The third-order valence-electron chi connectivity index (χ3n) is 3.92. The molecule has 0 saturated carbocycles. The second kappa shape index (κ2) is 13.4. The molecule has 0 spiro atoms. The van der Waals surface area contributed by atoms with Gasteiger partial charge in [0.05, 0.1) is 29.9 Å². The van der Waals surface area contributed by atoms with E-state index in [1.165, 1.54) is 14.2 Å². The van der Waals surface area contributed by atoms with E-state index in [9.17, 15) is 9.59 Å². The van der Waals surface area contributed by atoms with Crippen molar-refractivity contribution in [2.45, 2.75) is 40.5 Å². The van der Waals surface area contributed by atoms with Gasteiger partial charge in [-0.2, -0.15) is 0 Å². The van der Waals surface area contributed by atoms with E-state index in [1.807, 2.05) is 13.8 Å². The van der Waals surface area contributed by atoms with Gasteiger partial charge in [-0.3, -0.25) is 9.59 Å². The van der Waals surface area contributed by atoms with Crippen LogP contribution in [-0.2, 0) is 14.1 Å². The first-order chi connectivity index (χ1) is 12.8. The lowest BCUT2D eigenvalue weighted by Gasteiger charge is -2.20. The Labute approximate surface area is 164 Å². The molecule has 2 atom stereocenters. The van der Waals surface area contributed by atoms with Gasteiger partial charge < -0.3 is 18.8 Å². The molecule has 154 valence electrons. The summed E-state index contributed by atoms with van der Waals surface area (Å²) in [6.07, 6.45) is 1.19. The van der Waals surface area contributed by atoms with Gasteiger partial charge in [0.1, 0.15) is 23.0 Å². The van der Waals surface area contributed by atoms with E-state index in [0.717, 1.165) is 6.42 Å². The maximum atomic E-state index is 13.1. The molecule has 27 heavy (non-hydrogen) atoms. The quantitative estimate of drug-likeness (QED) is 0.255. The minimum absolute atomic E-state index is 0.173. The van der Waals surface area contributed by atoms with Crippen molar-refractivity contribution in [2.24, 2.45) is 17.8 Å². The van der Waals surface area contributed by atoms with Crippen LogP contribution in [0, 0.1) is 17.8 Å². The summed E-state index contributed by atoms with van der Waals surface area (Å²) in [6, 6.07) is 5.12. The Bertz CT molecular complexity index is 578. The van der Waals surface area contributed by atoms with Crippen molar-refractivity contribution in [3.8, 4) is 11.5 Å². The summed E-state index contributed by atoms with van der Waals surface area (Å²) < 4.78 is 24.2. The fourth-order valence-electron chi connectivity index (χ4n) is 2.55. The van der Waals surface area contributed by atoms with Crippen LogP contribution in [0.25, 0.3) is 0 Å². The van der Waals surface area contributed by atoms with Gasteiger partial charge in [-0.25, -0.2) is 0 Å². The molecular weight excluding hydrogens is 367 g/mol. The summed E-state index contributed by atoms with van der Waals surface area (Å²) >= 11 is 0. The molecule has 6 nitrogen and oxygen atoms in total. The van der Waals surface area contributed by atoms with Gasteiger partial charge in [0, 0.05) is 0 Å². The number of ketones is 1. The number of ether oxygens (including phenoxy) is 3. The Morgan fingerprint density at radius 3 is 1.89 bits per heavy atom. The largest absolute Gasteiger partial charge is 0.496 e. The summed E-state index contributed by atoms with van der Waals surface area (Å²) in [5.74, 6) is -0.267. The molecule has 7 heteroatoms. The molecule has 0 fully saturated rings. The number of esters is 1. The van der Waals surface area contributed by atoms with Gasteiger partial charge >= 0.3 is 5.97 Å². The first-order valence-corrected chi connectivity index (χ1v) is 9.60. The fraction of sp³-hybridized carbons (Fsp3) is 0.600. The van der Waals surface area contributed by atoms with Crippen molar-refractivity contribution < 1.29 is 28.4 Å². The first-order valence-electron chi connectivity index (χ1n) is 9.02. The zero-order valence-corrected chi connectivity index (χ0v) is 18.7. The third kappa shape index (κ3) is 8.17. The molecule has 0 N–H and O–H groups in total. The fourth-order valence-corrected chi connectivity index (χ4v) is 2.55. The summed E-state index contributed by atoms with van der Waals surface area (Å²) in [4.78, 5) is 25.7. The number of benzene rings is 1. The normalized spacial score (nSPS) is 11.6. The average molecular weight is 400 g/mol. The molecule has 0 radical (unpaired) electrons. The number of carbonyl (C=O) groups is 2. The Kier molecular flexibility index (Phi) is 12.5. The highest BCUT2D eigenvalue weighted by atomic mass is 31.0. The monoisotopic (exact) mass is 400 g/mol. The van der Waals surface area contributed by atoms with Crippen LogP contribution in [0.4, 0.5) is 0 Å². The predicted octanol–water partition coefficient (Wildman–Crippen LogP) is 4.08. The van der Waals surface area contributed by atoms with E-state index in [-0.39, 0.29) is 11.7 Å². The highest BCUT2D eigenvalue weighted by Gasteiger charge is 2.33. The summed E-state index contributed by atoms with van der Waals surface area (Å²) in [6.45, 7) is 8.39. The Morgan fingerprint density at radius 1 is 0.963 bits per heavy atom. The molecule has 0 aromatic heterocycles. The van der Waals surface area contributed by atoms with Crippen molar-refractivity contribution >= 4 is 20.9 Å².